The highest BCUT2D eigenvalue weighted by molar-refractivity contribution is 5.87. The van der Waals surface area contributed by atoms with Crippen LogP contribution in [-0.4, -0.2) is 18.2 Å². The van der Waals surface area contributed by atoms with Gasteiger partial charge in [-0.3, -0.25) is 4.79 Å². The largest absolute Gasteiger partial charge is 0.496 e. The molecule has 3 nitrogen and oxygen atoms in total. The van der Waals surface area contributed by atoms with E-state index in [9.17, 15) is 9.90 Å². The Morgan fingerprint density at radius 1 is 0.917 bits per heavy atom. The Labute approximate surface area is 141 Å². The predicted octanol–water partition coefficient (Wildman–Crippen LogP) is 4.70. The average molecular weight is 320 g/mol. The summed E-state index contributed by atoms with van der Waals surface area (Å²) in [7, 11) is 1.62. The highest BCUT2D eigenvalue weighted by atomic mass is 16.5. The summed E-state index contributed by atoms with van der Waals surface area (Å²) in [5.41, 5.74) is 1.90. The van der Waals surface area contributed by atoms with Crippen molar-refractivity contribution < 1.29 is 14.6 Å². The van der Waals surface area contributed by atoms with Gasteiger partial charge in [0.05, 0.1) is 13.0 Å². The van der Waals surface area contributed by atoms with E-state index in [0.29, 0.717) is 5.75 Å². The van der Waals surface area contributed by atoms with Crippen LogP contribution >= 0.6 is 0 Å². The summed E-state index contributed by atoms with van der Waals surface area (Å²) < 4.78 is 5.50. The molecule has 3 rings (SSSR count). The van der Waals surface area contributed by atoms with Crippen molar-refractivity contribution in [3.63, 3.8) is 0 Å². The second-order valence-electron chi connectivity index (χ2n) is 5.91. The van der Waals surface area contributed by atoms with Crippen molar-refractivity contribution in [3.05, 3.63) is 77.9 Å². The Morgan fingerprint density at radius 2 is 1.54 bits per heavy atom. The van der Waals surface area contributed by atoms with E-state index in [-0.39, 0.29) is 5.92 Å². The van der Waals surface area contributed by atoms with E-state index in [0.717, 1.165) is 21.9 Å². The number of carbonyl (C=O) groups is 1. The molecule has 0 amide bonds. The molecular formula is C21H20O3. The number of ether oxygens (including phenoxy) is 1. The van der Waals surface area contributed by atoms with E-state index in [2.05, 4.69) is 0 Å². The van der Waals surface area contributed by atoms with Gasteiger partial charge in [0.2, 0.25) is 0 Å². The third-order valence-electron chi connectivity index (χ3n) is 4.52. The number of rotatable bonds is 5. The number of para-hydroxylation sites is 1. The Hall–Kier alpha value is -2.81. The molecule has 0 radical (unpaired) electrons. The second-order valence-corrected chi connectivity index (χ2v) is 5.91. The van der Waals surface area contributed by atoms with Gasteiger partial charge in [0.1, 0.15) is 5.75 Å². The van der Waals surface area contributed by atoms with Crippen molar-refractivity contribution in [2.75, 3.05) is 7.11 Å². The van der Waals surface area contributed by atoms with Crippen LogP contribution < -0.4 is 4.74 Å². The SMILES string of the molecule is COc1ccccc1C(c1cccc2ccccc12)C(C)C(=O)O. The van der Waals surface area contributed by atoms with Gasteiger partial charge in [-0.05, 0) is 22.4 Å². The number of carboxylic acid groups (broad SMARTS) is 1. The highest BCUT2D eigenvalue weighted by Gasteiger charge is 2.30. The lowest BCUT2D eigenvalue weighted by atomic mass is 9.79. The molecule has 0 saturated carbocycles. The topological polar surface area (TPSA) is 46.5 Å². The first-order valence-corrected chi connectivity index (χ1v) is 7.97. The molecule has 3 heteroatoms. The maximum atomic E-state index is 11.8. The molecule has 3 aromatic rings. The lowest BCUT2D eigenvalue weighted by Gasteiger charge is -2.25. The minimum atomic E-state index is -0.821. The van der Waals surface area contributed by atoms with Crippen molar-refractivity contribution in [1.29, 1.82) is 0 Å². The first-order valence-electron chi connectivity index (χ1n) is 7.97. The summed E-state index contributed by atoms with van der Waals surface area (Å²) in [6, 6.07) is 21.7. The first kappa shape index (κ1) is 16.1. The Balaban J connectivity index is 2.27. The third-order valence-corrected chi connectivity index (χ3v) is 4.52. The van der Waals surface area contributed by atoms with Gasteiger partial charge in [0, 0.05) is 11.5 Å². The number of fused-ring (bicyclic) bond motifs is 1. The molecule has 0 aliphatic carbocycles. The number of hydrogen-bond donors (Lipinski definition) is 1. The normalized spacial score (nSPS) is 13.4. The quantitative estimate of drug-likeness (QED) is 0.741. The summed E-state index contributed by atoms with van der Waals surface area (Å²) in [5.74, 6) is -0.973. The van der Waals surface area contributed by atoms with Crippen molar-refractivity contribution in [2.24, 2.45) is 5.92 Å². The van der Waals surface area contributed by atoms with Crippen molar-refractivity contribution in [1.82, 2.24) is 0 Å². The van der Waals surface area contributed by atoms with Crippen LogP contribution in [0.4, 0.5) is 0 Å². The van der Waals surface area contributed by atoms with E-state index in [1.54, 1.807) is 14.0 Å². The summed E-state index contributed by atoms with van der Waals surface area (Å²) in [4.78, 5) is 11.8. The minimum Gasteiger partial charge on any atom is -0.496 e. The molecule has 0 spiro atoms. The molecule has 0 heterocycles. The number of benzene rings is 3. The van der Waals surface area contributed by atoms with Crippen LogP contribution in [0.1, 0.15) is 24.0 Å². The molecule has 1 N–H and O–H groups in total. The van der Waals surface area contributed by atoms with Crippen LogP contribution in [-0.2, 0) is 4.79 Å². The molecule has 0 saturated heterocycles. The smallest absolute Gasteiger partial charge is 0.307 e. The second kappa shape index (κ2) is 6.75. The van der Waals surface area contributed by atoms with Crippen molar-refractivity contribution in [3.8, 4) is 5.75 Å². The average Bonchev–Trinajstić information content (AvgIpc) is 2.62. The first-order chi connectivity index (χ1) is 11.6. The maximum Gasteiger partial charge on any atom is 0.307 e. The van der Waals surface area contributed by atoms with E-state index in [1.165, 1.54) is 0 Å². The van der Waals surface area contributed by atoms with Gasteiger partial charge >= 0.3 is 5.97 Å². The molecule has 0 aliphatic heterocycles. The fourth-order valence-electron chi connectivity index (χ4n) is 3.29. The monoisotopic (exact) mass is 320 g/mol. The molecule has 2 unspecified atom stereocenters. The zero-order valence-electron chi connectivity index (χ0n) is 13.8. The van der Waals surface area contributed by atoms with Crippen LogP contribution in [0.2, 0.25) is 0 Å². The molecular weight excluding hydrogens is 300 g/mol. The molecule has 0 aliphatic rings. The molecule has 3 aromatic carbocycles. The number of carboxylic acids is 1. The van der Waals surface area contributed by atoms with Crippen LogP contribution in [0.25, 0.3) is 10.8 Å². The molecule has 2 atom stereocenters. The minimum absolute atomic E-state index is 0.287. The van der Waals surface area contributed by atoms with Crippen molar-refractivity contribution in [2.45, 2.75) is 12.8 Å². The third kappa shape index (κ3) is 2.85. The van der Waals surface area contributed by atoms with Crippen LogP contribution in [0, 0.1) is 5.92 Å². The summed E-state index contributed by atoms with van der Waals surface area (Å²) >= 11 is 0. The zero-order chi connectivity index (χ0) is 17.1. The van der Waals surface area contributed by atoms with E-state index >= 15 is 0 Å². The summed E-state index contributed by atoms with van der Waals surface area (Å²) in [5, 5.41) is 11.8. The highest BCUT2D eigenvalue weighted by Crippen LogP contribution is 2.40. The molecule has 0 bridgehead atoms. The van der Waals surface area contributed by atoms with Crippen molar-refractivity contribution >= 4 is 16.7 Å². The predicted molar refractivity (Wildman–Crippen MR) is 95.6 cm³/mol. The van der Waals surface area contributed by atoms with Gasteiger partial charge in [0.25, 0.3) is 0 Å². The van der Waals surface area contributed by atoms with Gasteiger partial charge in [0.15, 0.2) is 0 Å². The fourth-order valence-corrected chi connectivity index (χ4v) is 3.29. The Kier molecular flexibility index (Phi) is 4.52. The Morgan fingerprint density at radius 3 is 2.29 bits per heavy atom. The molecule has 122 valence electrons. The number of methoxy groups -OCH3 is 1. The number of aliphatic carboxylic acids is 1. The van der Waals surface area contributed by atoms with Gasteiger partial charge in [-0.25, -0.2) is 0 Å². The standard InChI is InChI=1S/C21H20O3/c1-14(21(22)23)20(18-11-5-6-13-19(18)24-2)17-12-7-9-15-8-3-4-10-16(15)17/h3-14,20H,1-2H3,(H,22,23). The molecule has 0 fully saturated rings. The zero-order valence-corrected chi connectivity index (χ0v) is 13.8. The summed E-state index contributed by atoms with van der Waals surface area (Å²) in [6.07, 6.45) is 0. The van der Waals surface area contributed by atoms with Crippen LogP contribution in [0.5, 0.6) is 5.75 Å². The molecule has 0 aromatic heterocycles. The van der Waals surface area contributed by atoms with Crippen LogP contribution in [0.15, 0.2) is 66.7 Å². The van der Waals surface area contributed by atoms with Gasteiger partial charge in [-0.2, -0.15) is 0 Å². The lowest BCUT2D eigenvalue weighted by molar-refractivity contribution is -0.141. The molecule has 24 heavy (non-hydrogen) atoms. The Bertz CT molecular complexity index is 864. The van der Waals surface area contributed by atoms with E-state index < -0.39 is 11.9 Å². The van der Waals surface area contributed by atoms with E-state index in [1.807, 2.05) is 66.7 Å². The van der Waals surface area contributed by atoms with Gasteiger partial charge < -0.3 is 9.84 Å². The van der Waals surface area contributed by atoms with Crippen LogP contribution in [0.3, 0.4) is 0 Å². The number of hydrogen-bond acceptors (Lipinski definition) is 2. The lowest BCUT2D eigenvalue weighted by Crippen LogP contribution is -2.21. The maximum absolute atomic E-state index is 11.8. The van der Waals surface area contributed by atoms with E-state index in [4.69, 9.17) is 4.74 Å². The van der Waals surface area contributed by atoms with Gasteiger partial charge in [-0.1, -0.05) is 67.6 Å². The van der Waals surface area contributed by atoms with Gasteiger partial charge in [-0.15, -0.1) is 0 Å². The fraction of sp³-hybridized carbons (Fsp3) is 0.190. The summed E-state index contributed by atoms with van der Waals surface area (Å²) in [6.45, 7) is 1.75.